The Labute approximate surface area is 208 Å². The van der Waals surface area contributed by atoms with Crippen LogP contribution in [0.4, 0.5) is 5.95 Å². The Morgan fingerprint density at radius 1 is 0.971 bits per heavy atom. The molecule has 1 aromatic carbocycles. The predicted molar refractivity (Wildman–Crippen MR) is 136 cm³/mol. The molecule has 1 saturated heterocycles. The van der Waals surface area contributed by atoms with Crippen LogP contribution in [0.1, 0.15) is 37.2 Å². The molecule has 0 amide bonds. The van der Waals surface area contributed by atoms with Crippen molar-refractivity contribution in [1.82, 2.24) is 19.9 Å². The summed E-state index contributed by atoms with van der Waals surface area (Å²) < 4.78 is 30.8. The largest absolute Gasteiger partial charge is 0.473 e. The fourth-order valence-corrected chi connectivity index (χ4v) is 6.04. The molecule has 1 aliphatic heterocycles. The van der Waals surface area contributed by atoms with E-state index in [-0.39, 0.29) is 6.10 Å². The summed E-state index contributed by atoms with van der Waals surface area (Å²) in [5.41, 5.74) is 3.92. The van der Waals surface area contributed by atoms with E-state index >= 15 is 0 Å². The van der Waals surface area contributed by atoms with Gasteiger partial charge in [0, 0.05) is 55.5 Å². The van der Waals surface area contributed by atoms with Crippen LogP contribution in [0.5, 0.6) is 5.88 Å². The van der Waals surface area contributed by atoms with Crippen LogP contribution < -0.4 is 9.64 Å². The number of anilines is 1. The molecule has 0 atom stereocenters. The highest BCUT2D eigenvalue weighted by atomic mass is 32.2. The summed E-state index contributed by atoms with van der Waals surface area (Å²) in [5.74, 6) is 2.06. The Morgan fingerprint density at radius 3 is 2.34 bits per heavy atom. The molecule has 180 valence electrons. The Bertz CT molecular complexity index is 1460. The van der Waals surface area contributed by atoms with E-state index in [1.807, 2.05) is 29.9 Å². The molecule has 4 heterocycles. The SMILES string of the molecule is CS(=O)(=O)c1ccc(-c2csc3c(OC4CCN(c5ncc(C6CC6)cn5)CC4)ncnc23)cc1. The maximum Gasteiger partial charge on any atom is 0.235 e. The Morgan fingerprint density at radius 2 is 1.69 bits per heavy atom. The molecule has 6 rings (SSSR count). The quantitative estimate of drug-likeness (QED) is 0.377. The van der Waals surface area contributed by atoms with Gasteiger partial charge in [-0.1, -0.05) is 12.1 Å². The molecule has 0 spiro atoms. The molecule has 3 aromatic heterocycles. The second-order valence-corrected chi connectivity index (χ2v) is 12.1. The summed E-state index contributed by atoms with van der Waals surface area (Å²) >= 11 is 1.54. The molecule has 35 heavy (non-hydrogen) atoms. The van der Waals surface area contributed by atoms with Gasteiger partial charge < -0.3 is 9.64 Å². The van der Waals surface area contributed by atoms with E-state index in [1.165, 1.54) is 31.0 Å². The number of sulfone groups is 1. The van der Waals surface area contributed by atoms with Crippen molar-refractivity contribution in [2.75, 3.05) is 24.2 Å². The van der Waals surface area contributed by atoms with Crippen LogP contribution in [0.25, 0.3) is 21.3 Å². The third-order valence-corrected chi connectivity index (χ3v) is 8.71. The molecule has 2 aliphatic rings. The standard InChI is InChI=1S/C25H25N5O3S2/c1-35(31,32)20-6-4-17(5-7-20)21-14-34-23-22(21)28-15-29-24(23)33-19-8-10-30(11-9-19)25-26-12-18(13-27-25)16-2-3-16/h4-7,12-16,19H,2-3,8-11H2,1H3. The maximum absolute atomic E-state index is 11.8. The highest BCUT2D eigenvalue weighted by Crippen LogP contribution is 2.40. The van der Waals surface area contributed by atoms with Crippen LogP contribution in [0, 0.1) is 0 Å². The number of aromatic nitrogens is 4. The lowest BCUT2D eigenvalue weighted by Crippen LogP contribution is -2.39. The number of fused-ring (bicyclic) bond motifs is 1. The second-order valence-electron chi connectivity index (χ2n) is 9.20. The van der Waals surface area contributed by atoms with Gasteiger partial charge in [0.2, 0.25) is 11.8 Å². The molecular formula is C25H25N5O3S2. The number of nitrogens with zero attached hydrogens (tertiary/aromatic N) is 5. The number of ether oxygens (including phenoxy) is 1. The topological polar surface area (TPSA) is 98.2 Å². The lowest BCUT2D eigenvalue weighted by molar-refractivity contribution is 0.166. The van der Waals surface area contributed by atoms with Crippen molar-refractivity contribution >= 4 is 37.3 Å². The molecule has 10 heteroatoms. The van der Waals surface area contributed by atoms with Crippen molar-refractivity contribution in [2.45, 2.75) is 42.6 Å². The van der Waals surface area contributed by atoms with Crippen LogP contribution in [0.3, 0.4) is 0 Å². The van der Waals surface area contributed by atoms with Crippen LogP contribution in [-0.4, -0.2) is 53.8 Å². The van der Waals surface area contributed by atoms with Gasteiger partial charge in [-0.25, -0.2) is 28.4 Å². The third kappa shape index (κ3) is 4.60. The molecule has 1 saturated carbocycles. The molecule has 4 aromatic rings. The van der Waals surface area contributed by atoms with Crippen molar-refractivity contribution in [3.05, 3.63) is 53.9 Å². The smallest absolute Gasteiger partial charge is 0.235 e. The molecule has 0 radical (unpaired) electrons. The Kier molecular flexibility index (Phi) is 5.64. The monoisotopic (exact) mass is 507 g/mol. The summed E-state index contributed by atoms with van der Waals surface area (Å²) in [4.78, 5) is 20.6. The first kappa shape index (κ1) is 22.4. The lowest BCUT2D eigenvalue weighted by atomic mass is 10.1. The summed E-state index contributed by atoms with van der Waals surface area (Å²) in [5, 5.41) is 2.02. The first-order valence-corrected chi connectivity index (χ1v) is 14.5. The number of rotatable bonds is 6. The van der Waals surface area contributed by atoms with Crippen molar-refractivity contribution in [1.29, 1.82) is 0 Å². The van der Waals surface area contributed by atoms with E-state index < -0.39 is 9.84 Å². The minimum atomic E-state index is -3.23. The highest BCUT2D eigenvalue weighted by molar-refractivity contribution is 7.90. The first-order chi connectivity index (χ1) is 17.0. The zero-order valence-electron chi connectivity index (χ0n) is 19.3. The average Bonchev–Trinajstić information content (AvgIpc) is 3.63. The summed E-state index contributed by atoms with van der Waals surface area (Å²) in [7, 11) is -3.23. The zero-order chi connectivity index (χ0) is 24.0. The molecule has 0 N–H and O–H groups in total. The fraction of sp³-hybridized carbons (Fsp3) is 0.360. The van der Waals surface area contributed by atoms with Gasteiger partial charge in [0.1, 0.15) is 17.1 Å². The highest BCUT2D eigenvalue weighted by Gasteiger charge is 2.26. The predicted octanol–water partition coefficient (Wildman–Crippen LogP) is 4.48. The summed E-state index contributed by atoms with van der Waals surface area (Å²) in [6.07, 6.45) is 11.0. The second kappa shape index (κ2) is 8.83. The van der Waals surface area contributed by atoms with Crippen LogP contribution in [0.2, 0.25) is 0 Å². The minimum Gasteiger partial charge on any atom is -0.473 e. The van der Waals surface area contributed by atoms with E-state index in [0.717, 1.165) is 53.2 Å². The van der Waals surface area contributed by atoms with Gasteiger partial charge in [0.05, 0.1) is 10.4 Å². The van der Waals surface area contributed by atoms with Crippen LogP contribution >= 0.6 is 11.3 Å². The molecule has 0 unspecified atom stereocenters. The van der Waals surface area contributed by atoms with Gasteiger partial charge in [-0.3, -0.25) is 0 Å². The van der Waals surface area contributed by atoms with Crippen LogP contribution in [-0.2, 0) is 9.84 Å². The summed E-state index contributed by atoms with van der Waals surface area (Å²) in [6, 6.07) is 6.89. The number of thiophene rings is 1. The van der Waals surface area contributed by atoms with E-state index in [4.69, 9.17) is 4.74 Å². The maximum atomic E-state index is 11.8. The van der Waals surface area contributed by atoms with Crippen molar-refractivity contribution in [2.24, 2.45) is 0 Å². The van der Waals surface area contributed by atoms with Gasteiger partial charge >= 0.3 is 0 Å². The van der Waals surface area contributed by atoms with E-state index in [2.05, 4.69) is 24.8 Å². The van der Waals surface area contributed by atoms with Gasteiger partial charge in [0.15, 0.2) is 9.84 Å². The number of hydrogen-bond acceptors (Lipinski definition) is 9. The van der Waals surface area contributed by atoms with Crippen LogP contribution in [0.15, 0.2) is 53.3 Å². The molecule has 2 fully saturated rings. The summed E-state index contributed by atoms with van der Waals surface area (Å²) in [6.45, 7) is 1.67. The van der Waals surface area contributed by atoms with E-state index in [9.17, 15) is 8.42 Å². The van der Waals surface area contributed by atoms with Gasteiger partial charge in [-0.15, -0.1) is 11.3 Å². The Hall–Kier alpha value is -3.11. The van der Waals surface area contributed by atoms with Gasteiger partial charge in [-0.2, -0.15) is 0 Å². The Balaban J connectivity index is 1.15. The van der Waals surface area contributed by atoms with Gasteiger partial charge in [-0.05, 0) is 42.0 Å². The first-order valence-electron chi connectivity index (χ1n) is 11.7. The normalized spacial score (nSPS) is 17.1. The number of hydrogen-bond donors (Lipinski definition) is 0. The number of benzene rings is 1. The van der Waals surface area contributed by atoms with Crippen molar-refractivity contribution in [3.63, 3.8) is 0 Å². The average molecular weight is 508 g/mol. The molecular weight excluding hydrogens is 482 g/mol. The van der Waals surface area contributed by atoms with E-state index in [1.54, 1.807) is 23.5 Å². The van der Waals surface area contributed by atoms with Crippen molar-refractivity contribution < 1.29 is 13.2 Å². The minimum absolute atomic E-state index is 0.0645. The zero-order valence-corrected chi connectivity index (χ0v) is 20.9. The van der Waals surface area contributed by atoms with Crippen molar-refractivity contribution in [3.8, 4) is 17.0 Å². The number of piperidine rings is 1. The lowest BCUT2D eigenvalue weighted by Gasteiger charge is -2.31. The molecule has 1 aliphatic carbocycles. The molecule has 8 nitrogen and oxygen atoms in total. The third-order valence-electron chi connectivity index (χ3n) is 6.62. The van der Waals surface area contributed by atoms with E-state index in [0.29, 0.717) is 16.7 Å². The fourth-order valence-electron chi connectivity index (χ4n) is 4.45. The molecule has 0 bridgehead atoms. The van der Waals surface area contributed by atoms with Gasteiger partial charge in [0.25, 0.3) is 0 Å².